The lowest BCUT2D eigenvalue weighted by atomic mass is 9.86. The van der Waals surface area contributed by atoms with E-state index in [0.717, 1.165) is 41.8 Å². The van der Waals surface area contributed by atoms with Crippen molar-refractivity contribution in [1.29, 1.82) is 0 Å². The maximum atomic E-state index is 9.95. The van der Waals surface area contributed by atoms with Gasteiger partial charge in [0, 0.05) is 12.5 Å². The Morgan fingerprint density at radius 3 is 2.52 bits per heavy atom. The summed E-state index contributed by atoms with van der Waals surface area (Å²) in [5.74, 6) is 0.232. The van der Waals surface area contributed by atoms with Crippen molar-refractivity contribution >= 4 is 0 Å². The Bertz CT molecular complexity index is 665. The lowest BCUT2D eigenvalue weighted by Gasteiger charge is -2.20. The van der Waals surface area contributed by atoms with Gasteiger partial charge >= 0.3 is 0 Å². The number of phenolic OH excluding ortho intramolecular Hbond substituents is 3. The largest absolute Gasteiger partial charge is 0.508 e. The zero-order valence-corrected chi connectivity index (χ0v) is 11.9. The number of hydrogen-bond acceptors (Lipinski definition) is 4. The molecule has 4 heteroatoms. The summed E-state index contributed by atoms with van der Waals surface area (Å²) in [5.41, 5.74) is 3.96. The van der Waals surface area contributed by atoms with Crippen molar-refractivity contribution in [2.45, 2.75) is 19.3 Å². The minimum Gasteiger partial charge on any atom is -0.508 e. The third-order valence-electron chi connectivity index (χ3n) is 4.26. The number of aromatic hydroxyl groups is 3. The number of nitrogens with one attached hydrogen (secondary N) is 1. The molecule has 0 bridgehead atoms. The van der Waals surface area contributed by atoms with Gasteiger partial charge in [-0.1, -0.05) is 12.1 Å². The summed E-state index contributed by atoms with van der Waals surface area (Å²) in [6.07, 6.45) is 0.823. The van der Waals surface area contributed by atoms with Gasteiger partial charge in [0.2, 0.25) is 0 Å². The predicted molar refractivity (Wildman–Crippen MR) is 81.0 cm³/mol. The van der Waals surface area contributed by atoms with Crippen molar-refractivity contribution in [3.05, 3.63) is 52.6 Å². The van der Waals surface area contributed by atoms with Gasteiger partial charge in [-0.2, -0.15) is 0 Å². The van der Waals surface area contributed by atoms with Gasteiger partial charge in [-0.05, 0) is 60.3 Å². The summed E-state index contributed by atoms with van der Waals surface area (Å²) in [5, 5.41) is 32.7. The number of hydrogen-bond donors (Lipinski definition) is 4. The first-order valence-corrected chi connectivity index (χ1v) is 7.12. The van der Waals surface area contributed by atoms with Crippen LogP contribution in [0.2, 0.25) is 0 Å². The van der Waals surface area contributed by atoms with Gasteiger partial charge in [0.05, 0.1) is 0 Å². The summed E-state index contributed by atoms with van der Waals surface area (Å²) < 4.78 is 0. The Hall–Kier alpha value is -2.20. The maximum Gasteiger partial charge on any atom is 0.160 e. The van der Waals surface area contributed by atoms with E-state index in [1.54, 1.807) is 18.2 Å². The predicted octanol–water partition coefficient (Wildman–Crippen LogP) is 2.39. The molecule has 1 aliphatic heterocycles. The molecule has 0 saturated carbocycles. The highest BCUT2D eigenvalue weighted by Gasteiger charge is 2.24. The van der Waals surface area contributed by atoms with E-state index in [9.17, 15) is 15.3 Å². The second-order valence-corrected chi connectivity index (χ2v) is 5.54. The lowest BCUT2D eigenvalue weighted by molar-refractivity contribution is 0.399. The fourth-order valence-corrected chi connectivity index (χ4v) is 3.07. The summed E-state index contributed by atoms with van der Waals surface area (Å²) in [6.45, 7) is 3.45. The summed E-state index contributed by atoms with van der Waals surface area (Å²) in [6, 6.07) is 8.81. The van der Waals surface area contributed by atoms with Crippen molar-refractivity contribution in [3.63, 3.8) is 0 Å². The number of fused-ring (bicyclic) bond motifs is 1. The molecular formula is C17H19NO3. The average Bonchev–Trinajstić information content (AvgIpc) is 2.68. The van der Waals surface area contributed by atoms with Crippen LogP contribution in [0.25, 0.3) is 0 Å². The monoisotopic (exact) mass is 285 g/mol. The molecule has 2 aromatic rings. The zero-order chi connectivity index (χ0) is 15.0. The van der Waals surface area contributed by atoms with E-state index in [-0.39, 0.29) is 23.2 Å². The van der Waals surface area contributed by atoms with E-state index < -0.39 is 0 Å². The lowest BCUT2D eigenvalue weighted by Crippen LogP contribution is -2.20. The average molecular weight is 285 g/mol. The molecule has 110 valence electrons. The molecule has 1 aliphatic rings. The van der Waals surface area contributed by atoms with Crippen LogP contribution in [0.15, 0.2) is 30.3 Å². The first-order valence-electron chi connectivity index (χ1n) is 7.12. The molecule has 4 N–H and O–H groups in total. The highest BCUT2D eigenvalue weighted by atomic mass is 16.3. The van der Waals surface area contributed by atoms with E-state index >= 15 is 0 Å². The Labute approximate surface area is 123 Å². The molecule has 0 aromatic heterocycles. The minimum atomic E-state index is -0.0723. The normalized spacial score (nSPS) is 18.0. The van der Waals surface area contributed by atoms with Crippen LogP contribution in [0.3, 0.4) is 0 Å². The topological polar surface area (TPSA) is 72.7 Å². The van der Waals surface area contributed by atoms with E-state index in [0.29, 0.717) is 0 Å². The molecule has 3 rings (SSSR count). The van der Waals surface area contributed by atoms with E-state index in [1.165, 1.54) is 0 Å². The fourth-order valence-electron chi connectivity index (χ4n) is 3.07. The van der Waals surface area contributed by atoms with E-state index in [1.807, 2.05) is 19.1 Å². The van der Waals surface area contributed by atoms with E-state index in [4.69, 9.17) is 0 Å². The Kier molecular flexibility index (Phi) is 3.47. The first-order chi connectivity index (χ1) is 10.1. The fraction of sp³-hybridized carbons (Fsp3) is 0.294. The third kappa shape index (κ3) is 2.43. The molecule has 0 amide bonds. The quantitative estimate of drug-likeness (QED) is 0.607. The van der Waals surface area contributed by atoms with Crippen LogP contribution in [0.5, 0.6) is 17.2 Å². The standard InChI is InChI=1S/C17H19NO3/c1-10-13-6-7-18-9-15(11-2-4-12(19)5-3-11)14(13)8-16(20)17(10)21/h2-5,8,15,18-21H,6-7,9H2,1H3/t15-/m1/s1. The number of rotatable bonds is 1. The van der Waals surface area contributed by atoms with Crippen molar-refractivity contribution in [3.8, 4) is 17.2 Å². The summed E-state index contributed by atoms with van der Waals surface area (Å²) >= 11 is 0. The van der Waals surface area contributed by atoms with Gasteiger partial charge in [0.25, 0.3) is 0 Å². The Balaban J connectivity index is 2.14. The van der Waals surface area contributed by atoms with Crippen molar-refractivity contribution in [2.24, 2.45) is 0 Å². The molecular weight excluding hydrogens is 266 g/mol. The molecule has 0 radical (unpaired) electrons. The van der Waals surface area contributed by atoms with Crippen LogP contribution in [-0.4, -0.2) is 28.4 Å². The van der Waals surface area contributed by atoms with Crippen LogP contribution >= 0.6 is 0 Å². The van der Waals surface area contributed by atoms with Gasteiger partial charge in [-0.15, -0.1) is 0 Å². The number of benzene rings is 2. The zero-order valence-electron chi connectivity index (χ0n) is 11.9. The molecule has 0 unspecified atom stereocenters. The molecule has 1 heterocycles. The SMILES string of the molecule is Cc1c(O)c(O)cc2c1CCNC[C@@H]2c1ccc(O)cc1. The van der Waals surface area contributed by atoms with E-state index in [2.05, 4.69) is 5.32 Å². The smallest absolute Gasteiger partial charge is 0.160 e. The van der Waals surface area contributed by atoms with Crippen molar-refractivity contribution in [1.82, 2.24) is 5.32 Å². The van der Waals surface area contributed by atoms with Crippen LogP contribution in [0.4, 0.5) is 0 Å². The van der Waals surface area contributed by atoms with Crippen LogP contribution in [0, 0.1) is 6.92 Å². The second-order valence-electron chi connectivity index (χ2n) is 5.54. The molecule has 0 spiro atoms. The summed E-state index contributed by atoms with van der Waals surface area (Å²) in [4.78, 5) is 0. The molecule has 1 atom stereocenters. The summed E-state index contributed by atoms with van der Waals surface area (Å²) in [7, 11) is 0. The second kappa shape index (κ2) is 5.30. The van der Waals surface area contributed by atoms with Crippen molar-refractivity contribution < 1.29 is 15.3 Å². The van der Waals surface area contributed by atoms with Crippen LogP contribution in [0.1, 0.15) is 28.2 Å². The van der Waals surface area contributed by atoms with Crippen LogP contribution in [-0.2, 0) is 6.42 Å². The molecule has 2 aromatic carbocycles. The first kappa shape index (κ1) is 13.8. The molecule has 0 fully saturated rings. The Morgan fingerprint density at radius 2 is 1.81 bits per heavy atom. The van der Waals surface area contributed by atoms with Crippen molar-refractivity contribution in [2.75, 3.05) is 13.1 Å². The molecule has 4 nitrogen and oxygen atoms in total. The maximum absolute atomic E-state index is 9.95. The van der Waals surface area contributed by atoms with Gasteiger partial charge in [-0.25, -0.2) is 0 Å². The third-order valence-corrected chi connectivity index (χ3v) is 4.26. The number of phenols is 3. The molecule has 0 aliphatic carbocycles. The van der Waals surface area contributed by atoms with Gasteiger partial charge in [0.15, 0.2) is 11.5 Å². The Morgan fingerprint density at radius 1 is 1.10 bits per heavy atom. The van der Waals surface area contributed by atoms with Gasteiger partial charge in [0.1, 0.15) is 5.75 Å². The van der Waals surface area contributed by atoms with Gasteiger partial charge in [-0.3, -0.25) is 0 Å². The highest BCUT2D eigenvalue weighted by molar-refractivity contribution is 5.55. The minimum absolute atomic E-state index is 0.0277. The molecule has 21 heavy (non-hydrogen) atoms. The highest BCUT2D eigenvalue weighted by Crippen LogP contribution is 2.39. The van der Waals surface area contributed by atoms with Crippen LogP contribution < -0.4 is 5.32 Å². The molecule has 0 saturated heterocycles. The van der Waals surface area contributed by atoms with Gasteiger partial charge < -0.3 is 20.6 Å².